The highest BCUT2D eigenvalue weighted by Crippen LogP contribution is 2.27. The summed E-state index contributed by atoms with van der Waals surface area (Å²) in [7, 11) is 0. The molecule has 1 aliphatic heterocycles. The van der Waals surface area contributed by atoms with Gasteiger partial charge in [-0.15, -0.1) is 0 Å². The Morgan fingerprint density at radius 3 is 2.61 bits per heavy atom. The lowest BCUT2D eigenvalue weighted by molar-refractivity contribution is -0.384. The standard InChI is InChI=1S/C11H11ClN2O4/c1-11(16)5-13(6-11)10(15)8-3-2-7(14(17)18)4-9(8)12/h2-4,16H,5-6H2,1H3. The zero-order valence-corrected chi connectivity index (χ0v) is 10.3. The highest BCUT2D eigenvalue weighted by atomic mass is 35.5. The van der Waals surface area contributed by atoms with Gasteiger partial charge in [0, 0.05) is 12.1 Å². The number of hydrogen-bond acceptors (Lipinski definition) is 4. The molecule has 0 radical (unpaired) electrons. The van der Waals surface area contributed by atoms with Crippen LogP contribution in [-0.2, 0) is 0 Å². The summed E-state index contributed by atoms with van der Waals surface area (Å²) < 4.78 is 0. The van der Waals surface area contributed by atoms with Crippen LogP contribution in [0.15, 0.2) is 18.2 Å². The summed E-state index contributed by atoms with van der Waals surface area (Å²) in [5.41, 5.74) is -0.812. The van der Waals surface area contributed by atoms with Gasteiger partial charge < -0.3 is 10.0 Å². The van der Waals surface area contributed by atoms with Gasteiger partial charge in [-0.3, -0.25) is 14.9 Å². The Balaban J connectivity index is 2.19. The lowest BCUT2D eigenvalue weighted by Crippen LogP contribution is -2.61. The molecule has 1 N–H and O–H groups in total. The van der Waals surface area contributed by atoms with Crippen molar-refractivity contribution in [3.05, 3.63) is 38.9 Å². The maximum atomic E-state index is 12.0. The zero-order chi connectivity index (χ0) is 13.5. The van der Waals surface area contributed by atoms with Crippen molar-refractivity contribution in [1.82, 2.24) is 4.90 Å². The first-order valence-corrected chi connectivity index (χ1v) is 5.63. The second-order valence-electron chi connectivity index (χ2n) is 4.58. The van der Waals surface area contributed by atoms with Gasteiger partial charge in [-0.05, 0) is 13.0 Å². The fraction of sp³-hybridized carbons (Fsp3) is 0.364. The van der Waals surface area contributed by atoms with E-state index in [1.54, 1.807) is 6.92 Å². The number of hydrogen-bond donors (Lipinski definition) is 1. The molecule has 0 atom stereocenters. The van der Waals surface area contributed by atoms with Gasteiger partial charge in [-0.1, -0.05) is 11.6 Å². The van der Waals surface area contributed by atoms with Crippen molar-refractivity contribution in [2.45, 2.75) is 12.5 Å². The van der Waals surface area contributed by atoms with Gasteiger partial charge in [0.15, 0.2) is 0 Å². The average molecular weight is 271 g/mol. The largest absolute Gasteiger partial charge is 0.386 e. The Labute approximate surface area is 108 Å². The molecule has 6 nitrogen and oxygen atoms in total. The van der Waals surface area contributed by atoms with Crippen molar-refractivity contribution in [2.24, 2.45) is 0 Å². The summed E-state index contributed by atoms with van der Waals surface area (Å²) >= 11 is 5.85. The number of nitro benzene ring substituents is 1. The van der Waals surface area contributed by atoms with Gasteiger partial charge in [0.2, 0.25) is 0 Å². The molecule has 1 saturated heterocycles. The third kappa shape index (κ3) is 2.30. The van der Waals surface area contributed by atoms with E-state index < -0.39 is 10.5 Å². The van der Waals surface area contributed by atoms with Gasteiger partial charge in [0.25, 0.3) is 11.6 Å². The second-order valence-corrected chi connectivity index (χ2v) is 4.99. The van der Waals surface area contributed by atoms with Crippen LogP contribution in [0.5, 0.6) is 0 Å². The van der Waals surface area contributed by atoms with Gasteiger partial charge in [0.1, 0.15) is 0 Å². The highest BCUT2D eigenvalue weighted by molar-refractivity contribution is 6.34. The van der Waals surface area contributed by atoms with Crippen molar-refractivity contribution in [3.63, 3.8) is 0 Å². The van der Waals surface area contributed by atoms with Crippen LogP contribution in [0.4, 0.5) is 5.69 Å². The first kappa shape index (κ1) is 12.8. The Morgan fingerprint density at radius 1 is 1.56 bits per heavy atom. The fourth-order valence-electron chi connectivity index (χ4n) is 1.88. The number of halogens is 1. The number of nitrogens with zero attached hydrogens (tertiary/aromatic N) is 2. The van der Waals surface area contributed by atoms with E-state index in [1.165, 1.54) is 17.0 Å². The molecule has 1 aromatic carbocycles. The van der Waals surface area contributed by atoms with Crippen molar-refractivity contribution in [1.29, 1.82) is 0 Å². The number of amides is 1. The first-order valence-electron chi connectivity index (χ1n) is 5.26. The van der Waals surface area contributed by atoms with Gasteiger partial charge in [-0.25, -0.2) is 0 Å². The summed E-state index contributed by atoms with van der Waals surface area (Å²) in [4.78, 5) is 23.4. The van der Waals surface area contributed by atoms with Crippen molar-refractivity contribution < 1.29 is 14.8 Å². The van der Waals surface area contributed by atoms with Crippen LogP contribution < -0.4 is 0 Å². The highest BCUT2D eigenvalue weighted by Gasteiger charge is 2.40. The summed E-state index contributed by atoms with van der Waals surface area (Å²) in [5.74, 6) is -0.332. The topological polar surface area (TPSA) is 83.7 Å². The minimum Gasteiger partial charge on any atom is -0.386 e. The molecule has 0 unspecified atom stereocenters. The maximum absolute atomic E-state index is 12.0. The number of carbonyl (C=O) groups is 1. The Kier molecular flexibility index (Phi) is 3.00. The predicted octanol–water partition coefficient (Wildman–Crippen LogP) is 1.46. The van der Waals surface area contributed by atoms with E-state index in [-0.39, 0.29) is 35.3 Å². The summed E-state index contributed by atoms with van der Waals surface area (Å²) in [6.07, 6.45) is 0. The molecule has 1 amide bonds. The Hall–Kier alpha value is -1.66. The molecule has 1 heterocycles. The number of carbonyl (C=O) groups excluding carboxylic acids is 1. The predicted molar refractivity (Wildman–Crippen MR) is 64.6 cm³/mol. The average Bonchev–Trinajstić information content (AvgIpc) is 2.24. The van der Waals surface area contributed by atoms with E-state index in [0.29, 0.717) is 0 Å². The number of nitro groups is 1. The molecule has 0 bridgehead atoms. The molecule has 0 saturated carbocycles. The third-order valence-electron chi connectivity index (χ3n) is 2.74. The number of likely N-dealkylation sites (tertiary alicyclic amines) is 1. The minimum atomic E-state index is -0.858. The molecule has 7 heteroatoms. The number of rotatable bonds is 2. The molecule has 1 aliphatic rings. The van der Waals surface area contributed by atoms with Gasteiger partial charge >= 0.3 is 0 Å². The molecule has 1 fully saturated rings. The minimum absolute atomic E-state index is 0.0424. The van der Waals surface area contributed by atoms with E-state index in [0.717, 1.165) is 6.07 Å². The smallest absolute Gasteiger partial charge is 0.270 e. The molecule has 0 aliphatic carbocycles. The molecule has 96 valence electrons. The quantitative estimate of drug-likeness (QED) is 0.651. The number of benzene rings is 1. The van der Waals surface area contributed by atoms with Crippen LogP contribution in [0.3, 0.4) is 0 Å². The van der Waals surface area contributed by atoms with Crippen LogP contribution in [-0.4, -0.2) is 39.5 Å². The van der Waals surface area contributed by atoms with E-state index in [4.69, 9.17) is 11.6 Å². The number of β-amino-alcohol motifs (C(OH)–C–C–N with tert-alkyl or cyclic N) is 1. The van der Waals surface area contributed by atoms with Gasteiger partial charge in [0.05, 0.1) is 34.2 Å². The summed E-state index contributed by atoms with van der Waals surface area (Å²) in [6, 6.07) is 3.71. The zero-order valence-electron chi connectivity index (χ0n) is 9.59. The molecular weight excluding hydrogens is 260 g/mol. The van der Waals surface area contributed by atoms with Crippen molar-refractivity contribution in [3.8, 4) is 0 Å². The lowest BCUT2D eigenvalue weighted by atomic mass is 9.96. The van der Waals surface area contributed by atoms with Crippen LogP contribution >= 0.6 is 11.6 Å². The van der Waals surface area contributed by atoms with Crippen LogP contribution in [0.25, 0.3) is 0 Å². The summed E-state index contributed by atoms with van der Waals surface area (Å²) in [5, 5.41) is 20.1. The van der Waals surface area contributed by atoms with E-state index in [9.17, 15) is 20.0 Å². The Morgan fingerprint density at radius 2 is 2.17 bits per heavy atom. The molecule has 2 rings (SSSR count). The number of aliphatic hydroxyl groups is 1. The maximum Gasteiger partial charge on any atom is 0.270 e. The molecule has 0 spiro atoms. The SMILES string of the molecule is CC1(O)CN(C(=O)c2ccc([N+](=O)[O-])cc2Cl)C1. The van der Waals surface area contributed by atoms with E-state index in [2.05, 4.69) is 0 Å². The van der Waals surface area contributed by atoms with Gasteiger partial charge in [-0.2, -0.15) is 0 Å². The van der Waals surface area contributed by atoms with Crippen molar-refractivity contribution in [2.75, 3.05) is 13.1 Å². The second kappa shape index (κ2) is 4.22. The first-order chi connectivity index (χ1) is 8.30. The van der Waals surface area contributed by atoms with E-state index in [1.807, 2.05) is 0 Å². The molecule has 1 aromatic rings. The van der Waals surface area contributed by atoms with E-state index >= 15 is 0 Å². The van der Waals surface area contributed by atoms with Crippen LogP contribution in [0, 0.1) is 10.1 Å². The third-order valence-corrected chi connectivity index (χ3v) is 3.06. The monoisotopic (exact) mass is 270 g/mol. The van der Waals surface area contributed by atoms with Crippen LogP contribution in [0.2, 0.25) is 5.02 Å². The summed E-state index contributed by atoms with van der Waals surface area (Å²) in [6.45, 7) is 2.10. The number of non-ortho nitro benzene ring substituents is 1. The molecule has 0 aromatic heterocycles. The molecule has 18 heavy (non-hydrogen) atoms. The Bertz CT molecular complexity index is 522. The molecular formula is C11H11ClN2O4. The fourth-order valence-corrected chi connectivity index (χ4v) is 2.14. The normalized spacial score (nSPS) is 17.2. The van der Waals surface area contributed by atoms with Crippen LogP contribution in [0.1, 0.15) is 17.3 Å². The van der Waals surface area contributed by atoms with Crippen molar-refractivity contribution >= 4 is 23.2 Å². The lowest BCUT2D eigenvalue weighted by Gasteiger charge is -2.44.